The monoisotopic (exact) mass is 414 g/mol. The molecular weight excluding hydrogens is 396 g/mol. The maximum absolute atomic E-state index is 11.0. The van der Waals surface area contributed by atoms with Crippen molar-refractivity contribution < 1.29 is 9.53 Å². The number of aromatic nitrogens is 2. The van der Waals surface area contributed by atoms with Gasteiger partial charge in [0.1, 0.15) is 11.4 Å². The van der Waals surface area contributed by atoms with Crippen molar-refractivity contribution >= 4 is 39.1 Å². The maximum atomic E-state index is 11.0. The number of ether oxygens (including phenoxy) is 1. The lowest BCUT2D eigenvalue weighted by Crippen LogP contribution is -2.45. The Kier molecular flexibility index (Phi) is 4.55. The van der Waals surface area contributed by atoms with Crippen molar-refractivity contribution in [2.75, 3.05) is 38.2 Å². The van der Waals surface area contributed by atoms with Crippen LogP contribution in [0.2, 0.25) is 0 Å². The number of aromatic amines is 1. The van der Waals surface area contributed by atoms with Gasteiger partial charge in [-0.05, 0) is 46.3 Å². The van der Waals surface area contributed by atoms with Gasteiger partial charge in [0, 0.05) is 47.8 Å². The molecular formula is C19H19BrN4O2. The summed E-state index contributed by atoms with van der Waals surface area (Å²) in [6.45, 7) is 3.03. The van der Waals surface area contributed by atoms with Crippen LogP contribution in [0.5, 0.6) is 5.75 Å². The molecule has 26 heavy (non-hydrogen) atoms. The summed E-state index contributed by atoms with van der Waals surface area (Å²) in [6.07, 6.45) is 2.72. The molecule has 0 radical (unpaired) electrons. The van der Waals surface area contributed by atoms with Crippen molar-refractivity contribution in [1.82, 2.24) is 14.9 Å². The molecule has 6 nitrogen and oxygen atoms in total. The van der Waals surface area contributed by atoms with Gasteiger partial charge in [0.15, 0.2) is 0 Å². The quantitative estimate of drug-likeness (QED) is 0.665. The lowest BCUT2D eigenvalue weighted by Gasteiger charge is -2.34. The summed E-state index contributed by atoms with van der Waals surface area (Å²) in [4.78, 5) is 23.2. The fourth-order valence-electron chi connectivity index (χ4n) is 3.38. The molecule has 1 amide bonds. The molecule has 1 aromatic carbocycles. The predicted octanol–water partition coefficient (Wildman–Crippen LogP) is 3.28. The van der Waals surface area contributed by atoms with Crippen LogP contribution in [0, 0.1) is 0 Å². The van der Waals surface area contributed by atoms with Crippen LogP contribution in [-0.2, 0) is 4.79 Å². The topological polar surface area (TPSA) is 61.5 Å². The van der Waals surface area contributed by atoms with E-state index in [-0.39, 0.29) is 0 Å². The van der Waals surface area contributed by atoms with E-state index >= 15 is 0 Å². The number of carbonyl (C=O) groups excluding carboxylic acids is 1. The third-order valence-corrected chi connectivity index (χ3v) is 5.18. The van der Waals surface area contributed by atoms with Gasteiger partial charge in [-0.25, -0.2) is 4.98 Å². The van der Waals surface area contributed by atoms with Crippen LogP contribution >= 0.6 is 15.9 Å². The minimum atomic E-state index is 0.722. The number of H-pyrrole nitrogens is 1. The third-order valence-electron chi connectivity index (χ3n) is 4.75. The number of fused-ring (bicyclic) bond motifs is 1. The number of rotatable bonds is 4. The molecule has 2 aromatic heterocycles. The molecule has 3 aromatic rings. The van der Waals surface area contributed by atoms with E-state index < -0.39 is 0 Å². The molecule has 0 aliphatic carbocycles. The Labute approximate surface area is 159 Å². The highest BCUT2D eigenvalue weighted by atomic mass is 79.9. The molecule has 0 spiro atoms. The fourth-order valence-corrected chi connectivity index (χ4v) is 3.71. The van der Waals surface area contributed by atoms with Gasteiger partial charge in [0.2, 0.25) is 6.41 Å². The van der Waals surface area contributed by atoms with Crippen molar-refractivity contribution in [1.29, 1.82) is 0 Å². The van der Waals surface area contributed by atoms with Gasteiger partial charge in [-0.15, -0.1) is 0 Å². The molecule has 4 rings (SSSR count). The number of nitrogens with zero attached hydrogens (tertiary/aromatic N) is 3. The zero-order valence-corrected chi connectivity index (χ0v) is 16.0. The Bertz CT molecular complexity index is 931. The van der Waals surface area contributed by atoms with Crippen molar-refractivity contribution in [3.05, 3.63) is 41.0 Å². The van der Waals surface area contributed by atoms with E-state index in [9.17, 15) is 4.79 Å². The molecule has 0 saturated carbocycles. The second kappa shape index (κ2) is 6.99. The Balaban J connectivity index is 1.82. The number of benzene rings is 1. The van der Waals surface area contributed by atoms with Crippen LogP contribution in [0.15, 0.2) is 41.0 Å². The number of amides is 1. The van der Waals surface area contributed by atoms with E-state index in [1.807, 2.05) is 29.2 Å². The number of halogens is 1. The summed E-state index contributed by atoms with van der Waals surface area (Å²) in [5, 5.41) is 1.07. The van der Waals surface area contributed by atoms with Crippen LogP contribution in [0.1, 0.15) is 0 Å². The lowest BCUT2D eigenvalue weighted by molar-refractivity contribution is -0.118. The second-order valence-electron chi connectivity index (χ2n) is 6.26. The zero-order valence-electron chi connectivity index (χ0n) is 14.4. The van der Waals surface area contributed by atoms with Crippen LogP contribution < -0.4 is 9.64 Å². The Morgan fingerprint density at radius 1 is 1.19 bits per heavy atom. The number of piperazine rings is 1. The van der Waals surface area contributed by atoms with Gasteiger partial charge in [0.05, 0.1) is 18.5 Å². The highest BCUT2D eigenvalue weighted by Gasteiger charge is 2.23. The first-order valence-corrected chi connectivity index (χ1v) is 9.25. The average molecular weight is 415 g/mol. The van der Waals surface area contributed by atoms with Crippen molar-refractivity contribution in [3.8, 4) is 17.0 Å². The Morgan fingerprint density at radius 2 is 1.92 bits per heavy atom. The average Bonchev–Trinajstić information content (AvgIpc) is 3.06. The van der Waals surface area contributed by atoms with Gasteiger partial charge in [-0.1, -0.05) is 0 Å². The number of methoxy groups -OCH3 is 1. The van der Waals surface area contributed by atoms with Crippen molar-refractivity contribution in [2.24, 2.45) is 0 Å². The molecule has 1 fully saturated rings. The standard InChI is InChI=1S/C19H19BrN4O2/c1-26-15-4-2-13(3-5-15)17-18(24-8-6-23(12-25)7-9-24)16-10-14(20)11-21-19(16)22-17/h2-5,10-12H,6-9H2,1H3,(H,21,22). The van der Waals surface area contributed by atoms with E-state index in [0.29, 0.717) is 0 Å². The van der Waals surface area contributed by atoms with Gasteiger partial charge in [-0.2, -0.15) is 0 Å². The van der Waals surface area contributed by atoms with Gasteiger partial charge >= 0.3 is 0 Å². The first-order chi connectivity index (χ1) is 12.7. The summed E-state index contributed by atoms with van der Waals surface area (Å²) in [7, 11) is 1.66. The molecule has 0 unspecified atom stereocenters. The minimum Gasteiger partial charge on any atom is -0.497 e. The first-order valence-electron chi connectivity index (χ1n) is 8.45. The number of anilines is 1. The molecule has 1 aliphatic rings. The Morgan fingerprint density at radius 3 is 2.58 bits per heavy atom. The summed E-state index contributed by atoms with van der Waals surface area (Å²) in [5.74, 6) is 0.826. The van der Waals surface area contributed by atoms with Crippen molar-refractivity contribution in [3.63, 3.8) is 0 Å². The highest BCUT2D eigenvalue weighted by molar-refractivity contribution is 9.10. The molecule has 0 atom stereocenters. The molecule has 3 heterocycles. The Hall–Kier alpha value is -2.54. The number of nitrogens with one attached hydrogen (secondary N) is 1. The van der Waals surface area contributed by atoms with Crippen LogP contribution in [0.3, 0.4) is 0 Å². The molecule has 7 heteroatoms. The summed E-state index contributed by atoms with van der Waals surface area (Å²) >= 11 is 3.53. The predicted molar refractivity (Wildman–Crippen MR) is 106 cm³/mol. The van der Waals surface area contributed by atoms with Crippen molar-refractivity contribution in [2.45, 2.75) is 0 Å². The first kappa shape index (κ1) is 16.9. The molecule has 0 bridgehead atoms. The van der Waals surface area contributed by atoms with E-state index in [0.717, 1.165) is 70.8 Å². The number of hydrogen-bond acceptors (Lipinski definition) is 4. The molecule has 134 valence electrons. The van der Waals surface area contributed by atoms with E-state index in [1.54, 1.807) is 13.3 Å². The van der Waals surface area contributed by atoms with Crippen LogP contribution in [0.25, 0.3) is 22.3 Å². The largest absolute Gasteiger partial charge is 0.497 e. The molecule has 1 saturated heterocycles. The van der Waals surface area contributed by atoms with Crippen LogP contribution in [-0.4, -0.2) is 54.6 Å². The minimum absolute atomic E-state index is 0.722. The third kappa shape index (κ3) is 3.03. The maximum Gasteiger partial charge on any atom is 0.209 e. The second-order valence-corrected chi connectivity index (χ2v) is 7.17. The SMILES string of the molecule is COc1ccc(-c2[nH]c3ncc(Br)cc3c2N2CCN(C=O)CC2)cc1. The summed E-state index contributed by atoms with van der Waals surface area (Å²) in [6, 6.07) is 10.1. The highest BCUT2D eigenvalue weighted by Crippen LogP contribution is 2.38. The lowest BCUT2D eigenvalue weighted by atomic mass is 10.1. The number of pyridine rings is 1. The van der Waals surface area contributed by atoms with Gasteiger partial charge < -0.3 is 19.5 Å². The van der Waals surface area contributed by atoms with E-state index in [2.05, 4.69) is 36.9 Å². The molecule has 1 aliphatic heterocycles. The zero-order chi connectivity index (χ0) is 18.1. The van der Waals surface area contributed by atoms with Gasteiger partial charge in [0.25, 0.3) is 0 Å². The summed E-state index contributed by atoms with van der Waals surface area (Å²) < 4.78 is 6.22. The molecule has 1 N–H and O–H groups in total. The van der Waals surface area contributed by atoms with Crippen LogP contribution in [0.4, 0.5) is 5.69 Å². The summed E-state index contributed by atoms with van der Waals surface area (Å²) in [5.41, 5.74) is 4.09. The smallest absolute Gasteiger partial charge is 0.209 e. The van der Waals surface area contributed by atoms with E-state index in [4.69, 9.17) is 4.74 Å². The number of carbonyl (C=O) groups is 1. The fraction of sp³-hybridized carbons (Fsp3) is 0.263. The van der Waals surface area contributed by atoms with Gasteiger partial charge in [-0.3, -0.25) is 4.79 Å². The normalized spacial score (nSPS) is 14.7. The van der Waals surface area contributed by atoms with E-state index in [1.165, 1.54) is 0 Å². The number of hydrogen-bond donors (Lipinski definition) is 1.